The van der Waals surface area contributed by atoms with Gasteiger partial charge in [0, 0.05) is 32.2 Å². The monoisotopic (exact) mass is 347 g/mol. The Kier molecular flexibility index (Phi) is 4.67. The number of nitrogens with zero attached hydrogens (tertiary/aromatic N) is 3. The van der Waals surface area contributed by atoms with Gasteiger partial charge in [0.25, 0.3) is 0 Å². The predicted molar refractivity (Wildman–Crippen MR) is 102 cm³/mol. The van der Waals surface area contributed by atoms with Crippen molar-refractivity contribution in [2.24, 2.45) is 11.8 Å². The molecular weight excluding hydrogens is 322 g/mol. The van der Waals surface area contributed by atoms with Gasteiger partial charge in [-0.05, 0) is 54.3 Å². The van der Waals surface area contributed by atoms with E-state index in [1.54, 1.807) is 7.11 Å². The second-order valence-corrected chi connectivity index (χ2v) is 7.58. The molecule has 2 aliphatic rings. The van der Waals surface area contributed by atoms with Crippen molar-refractivity contribution in [1.82, 2.24) is 9.80 Å². The van der Waals surface area contributed by atoms with Crippen LogP contribution in [0.5, 0.6) is 5.75 Å². The van der Waals surface area contributed by atoms with Gasteiger partial charge in [0.2, 0.25) is 0 Å². The highest BCUT2D eigenvalue weighted by atomic mass is 16.5. The second-order valence-electron chi connectivity index (χ2n) is 7.58. The van der Waals surface area contributed by atoms with Gasteiger partial charge >= 0.3 is 0 Å². The summed E-state index contributed by atoms with van der Waals surface area (Å²) in [6.07, 6.45) is 0. The van der Waals surface area contributed by atoms with Crippen molar-refractivity contribution in [2.45, 2.75) is 12.6 Å². The molecule has 2 aromatic rings. The summed E-state index contributed by atoms with van der Waals surface area (Å²) in [5.41, 5.74) is 3.41. The molecule has 2 fully saturated rings. The van der Waals surface area contributed by atoms with Crippen molar-refractivity contribution in [3.63, 3.8) is 0 Å². The van der Waals surface area contributed by atoms with E-state index in [9.17, 15) is 0 Å². The minimum Gasteiger partial charge on any atom is -0.497 e. The molecule has 26 heavy (non-hydrogen) atoms. The van der Waals surface area contributed by atoms with Crippen LogP contribution in [-0.2, 0) is 6.54 Å². The summed E-state index contributed by atoms with van der Waals surface area (Å²) in [6, 6.07) is 19.2. The number of rotatable bonds is 4. The van der Waals surface area contributed by atoms with Gasteiger partial charge in [-0.25, -0.2) is 0 Å². The van der Waals surface area contributed by atoms with Crippen LogP contribution in [0.25, 0.3) is 0 Å². The Bertz CT molecular complexity index is 794. The molecule has 0 bridgehead atoms. The van der Waals surface area contributed by atoms with Crippen LogP contribution in [0.3, 0.4) is 0 Å². The molecule has 0 aliphatic carbocycles. The summed E-state index contributed by atoms with van der Waals surface area (Å²) in [7, 11) is 3.96. The third kappa shape index (κ3) is 3.21. The van der Waals surface area contributed by atoms with Gasteiger partial charge in [-0.3, -0.25) is 9.80 Å². The van der Waals surface area contributed by atoms with Crippen LogP contribution in [-0.4, -0.2) is 43.6 Å². The number of nitriles is 1. The first-order valence-corrected chi connectivity index (χ1v) is 9.23. The maximum atomic E-state index is 8.94. The molecule has 0 saturated carbocycles. The van der Waals surface area contributed by atoms with Crippen LogP contribution in [0.4, 0.5) is 0 Å². The molecule has 0 unspecified atom stereocenters. The van der Waals surface area contributed by atoms with E-state index in [4.69, 9.17) is 10.00 Å². The summed E-state index contributed by atoms with van der Waals surface area (Å²) in [5.74, 6) is 2.32. The number of fused-ring (bicyclic) bond motifs is 1. The van der Waals surface area contributed by atoms with Crippen molar-refractivity contribution in [3.8, 4) is 11.8 Å². The lowest BCUT2D eigenvalue weighted by molar-refractivity contribution is 0.224. The van der Waals surface area contributed by atoms with E-state index in [1.807, 2.05) is 12.1 Å². The second kappa shape index (κ2) is 7.11. The molecule has 0 amide bonds. The van der Waals surface area contributed by atoms with Crippen molar-refractivity contribution in [3.05, 3.63) is 65.2 Å². The average molecular weight is 347 g/mol. The first kappa shape index (κ1) is 17.1. The number of ether oxygens (including phenoxy) is 1. The number of likely N-dealkylation sites (tertiary alicyclic amines) is 2. The lowest BCUT2D eigenvalue weighted by Crippen LogP contribution is -2.28. The van der Waals surface area contributed by atoms with Crippen molar-refractivity contribution in [1.29, 1.82) is 5.26 Å². The van der Waals surface area contributed by atoms with Gasteiger partial charge in [-0.2, -0.15) is 5.26 Å². The third-order valence-electron chi connectivity index (χ3n) is 5.92. The lowest BCUT2D eigenvalue weighted by Gasteiger charge is -2.27. The number of hydrogen-bond acceptors (Lipinski definition) is 4. The first-order chi connectivity index (χ1) is 12.7. The molecule has 2 aliphatic heterocycles. The Labute approximate surface area is 155 Å². The first-order valence-electron chi connectivity index (χ1n) is 9.23. The van der Waals surface area contributed by atoms with E-state index in [0.29, 0.717) is 12.0 Å². The quantitative estimate of drug-likeness (QED) is 0.851. The normalized spacial score (nSPS) is 25.8. The minimum atomic E-state index is 0.483. The molecule has 4 nitrogen and oxygen atoms in total. The van der Waals surface area contributed by atoms with Crippen LogP contribution < -0.4 is 4.74 Å². The zero-order valence-corrected chi connectivity index (χ0v) is 15.4. The van der Waals surface area contributed by atoms with E-state index < -0.39 is 0 Å². The van der Waals surface area contributed by atoms with Crippen LogP contribution in [0.1, 0.15) is 22.7 Å². The van der Waals surface area contributed by atoms with Crippen molar-refractivity contribution < 1.29 is 4.74 Å². The van der Waals surface area contributed by atoms with Gasteiger partial charge in [0.1, 0.15) is 5.75 Å². The van der Waals surface area contributed by atoms with Gasteiger partial charge in [-0.1, -0.05) is 24.3 Å². The van der Waals surface area contributed by atoms with E-state index >= 15 is 0 Å². The Morgan fingerprint density at radius 1 is 1.04 bits per heavy atom. The highest BCUT2D eigenvalue weighted by Gasteiger charge is 2.45. The third-order valence-corrected chi connectivity index (χ3v) is 5.92. The maximum Gasteiger partial charge on any atom is 0.118 e. The zero-order chi connectivity index (χ0) is 18.1. The van der Waals surface area contributed by atoms with Crippen LogP contribution in [0.2, 0.25) is 0 Å². The predicted octanol–water partition coefficient (Wildman–Crippen LogP) is 3.30. The molecule has 0 aromatic heterocycles. The lowest BCUT2D eigenvalue weighted by atomic mass is 9.89. The number of benzene rings is 2. The SMILES string of the molecule is COc1ccc([C@@H]2[C@@H]3CN(Cc4ccc(C#N)cc4)C[C@@H]3CN2C)cc1. The number of methoxy groups -OCH3 is 1. The topological polar surface area (TPSA) is 39.5 Å². The molecule has 134 valence electrons. The van der Waals surface area contributed by atoms with Gasteiger partial charge < -0.3 is 4.74 Å². The van der Waals surface area contributed by atoms with Gasteiger partial charge in [-0.15, -0.1) is 0 Å². The van der Waals surface area contributed by atoms with E-state index in [-0.39, 0.29) is 0 Å². The molecule has 2 saturated heterocycles. The molecule has 0 N–H and O–H groups in total. The zero-order valence-electron chi connectivity index (χ0n) is 15.4. The molecule has 2 aromatic carbocycles. The fourth-order valence-corrected chi connectivity index (χ4v) is 4.72. The Balaban J connectivity index is 1.46. The van der Waals surface area contributed by atoms with Crippen LogP contribution >= 0.6 is 0 Å². The summed E-state index contributed by atoms with van der Waals surface area (Å²) in [4.78, 5) is 5.08. The van der Waals surface area contributed by atoms with Crippen LogP contribution in [0, 0.1) is 23.2 Å². The van der Waals surface area contributed by atoms with Crippen LogP contribution in [0.15, 0.2) is 48.5 Å². The molecule has 4 heteroatoms. The van der Waals surface area contributed by atoms with Gasteiger partial charge in [0.05, 0.1) is 18.7 Å². The van der Waals surface area contributed by atoms with Crippen molar-refractivity contribution in [2.75, 3.05) is 33.8 Å². The summed E-state index contributed by atoms with van der Waals surface area (Å²) < 4.78 is 5.30. The summed E-state index contributed by atoms with van der Waals surface area (Å²) in [5, 5.41) is 8.94. The van der Waals surface area contributed by atoms with E-state index in [1.165, 1.54) is 11.1 Å². The molecule has 4 rings (SSSR count). The fourth-order valence-electron chi connectivity index (χ4n) is 4.72. The average Bonchev–Trinajstić information content (AvgIpc) is 3.18. The molecule has 0 radical (unpaired) electrons. The number of hydrogen-bond donors (Lipinski definition) is 0. The molecule has 3 atom stereocenters. The molecule has 0 spiro atoms. The highest BCUT2D eigenvalue weighted by Crippen LogP contribution is 2.44. The Morgan fingerprint density at radius 2 is 1.77 bits per heavy atom. The minimum absolute atomic E-state index is 0.483. The Hall–Kier alpha value is -2.35. The standard InChI is InChI=1S/C22H25N3O/c1-24-13-19-14-25(12-17-5-3-16(11-23)4-6-17)15-21(19)22(24)18-7-9-20(26-2)10-8-18/h3-10,19,21-22H,12-15H2,1-2H3/t19-,21+,22+/m0/s1. The van der Waals surface area contributed by atoms with Crippen molar-refractivity contribution >= 4 is 0 Å². The molecular formula is C22H25N3O. The highest BCUT2D eigenvalue weighted by molar-refractivity contribution is 5.32. The Morgan fingerprint density at radius 3 is 2.42 bits per heavy atom. The largest absolute Gasteiger partial charge is 0.497 e. The maximum absolute atomic E-state index is 8.94. The molecule has 2 heterocycles. The van der Waals surface area contributed by atoms with E-state index in [0.717, 1.165) is 43.4 Å². The van der Waals surface area contributed by atoms with E-state index in [2.05, 4.69) is 59.3 Å². The smallest absolute Gasteiger partial charge is 0.118 e. The van der Waals surface area contributed by atoms with Gasteiger partial charge in [0.15, 0.2) is 0 Å². The summed E-state index contributed by atoms with van der Waals surface area (Å²) in [6.45, 7) is 4.41. The fraction of sp³-hybridized carbons (Fsp3) is 0.409. The summed E-state index contributed by atoms with van der Waals surface area (Å²) >= 11 is 0.